The van der Waals surface area contributed by atoms with Gasteiger partial charge in [-0.25, -0.2) is 12.7 Å². The maximum atomic E-state index is 12.4. The Kier molecular flexibility index (Phi) is 5.52. The van der Waals surface area contributed by atoms with Gasteiger partial charge in [0, 0.05) is 12.1 Å². The lowest BCUT2D eigenvalue weighted by Crippen LogP contribution is -2.33. The second-order valence-corrected chi connectivity index (χ2v) is 10.5. The monoisotopic (exact) mass is 380 g/mol. The van der Waals surface area contributed by atoms with Crippen LogP contribution in [-0.2, 0) is 14.8 Å². The number of hydrogen-bond acceptors (Lipinski definition) is 4. The molecule has 2 amide bonds. The summed E-state index contributed by atoms with van der Waals surface area (Å²) < 4.78 is 25.4. The van der Waals surface area contributed by atoms with Gasteiger partial charge >= 0.3 is 0 Å². The fourth-order valence-electron chi connectivity index (χ4n) is 2.93. The molecule has 2 rings (SSSR count). The van der Waals surface area contributed by atoms with Crippen LogP contribution in [0.3, 0.4) is 0 Å². The van der Waals surface area contributed by atoms with Gasteiger partial charge in [-0.05, 0) is 56.4 Å². The lowest BCUT2D eigenvalue weighted by atomic mass is 9.91. The maximum Gasteiger partial charge on any atom is 0.251 e. The van der Waals surface area contributed by atoms with Crippen LogP contribution in [-0.4, -0.2) is 32.5 Å². The zero-order valence-corrected chi connectivity index (χ0v) is 16.9. The van der Waals surface area contributed by atoms with Crippen LogP contribution in [0.1, 0.15) is 57.8 Å². The van der Waals surface area contributed by atoms with E-state index >= 15 is 0 Å². The molecular formula is C19H28N2O4S. The van der Waals surface area contributed by atoms with Gasteiger partial charge in [-0.2, -0.15) is 0 Å². The third-order valence-corrected chi connectivity index (χ3v) is 6.36. The first-order valence-corrected chi connectivity index (χ1v) is 10.4. The van der Waals surface area contributed by atoms with Gasteiger partial charge in [0.25, 0.3) is 5.91 Å². The Morgan fingerprint density at radius 1 is 1.19 bits per heavy atom. The van der Waals surface area contributed by atoms with Gasteiger partial charge in [0.05, 0.1) is 16.9 Å². The zero-order chi connectivity index (χ0) is 19.8. The molecule has 1 aromatic carbocycles. The van der Waals surface area contributed by atoms with E-state index in [0.29, 0.717) is 12.1 Å². The number of sulfonamides is 1. The predicted octanol–water partition coefficient (Wildman–Crippen LogP) is 2.95. The number of carbonyl (C=O) groups is 2. The molecule has 1 aliphatic heterocycles. The van der Waals surface area contributed by atoms with Gasteiger partial charge in [0.2, 0.25) is 15.9 Å². The molecule has 6 nitrogen and oxygen atoms in total. The van der Waals surface area contributed by atoms with E-state index in [1.54, 1.807) is 26.0 Å². The normalized spacial score (nSPS) is 18.8. The molecule has 1 heterocycles. The van der Waals surface area contributed by atoms with Crippen molar-refractivity contribution in [3.63, 3.8) is 0 Å². The highest BCUT2D eigenvalue weighted by molar-refractivity contribution is 7.94. The van der Waals surface area contributed by atoms with E-state index in [4.69, 9.17) is 0 Å². The molecule has 1 aromatic rings. The molecule has 0 atom stereocenters. The second kappa shape index (κ2) is 7.02. The Labute approximate surface area is 156 Å². The van der Waals surface area contributed by atoms with Gasteiger partial charge in [-0.3, -0.25) is 9.59 Å². The summed E-state index contributed by atoms with van der Waals surface area (Å²) in [6.45, 7) is 10.3. The zero-order valence-electron chi connectivity index (χ0n) is 16.1. The smallest absolute Gasteiger partial charge is 0.251 e. The number of carbonyl (C=O) groups excluding carboxylic acids is 2. The van der Waals surface area contributed by atoms with Crippen LogP contribution in [0.2, 0.25) is 0 Å². The number of anilines is 1. The molecule has 0 unspecified atom stereocenters. The van der Waals surface area contributed by atoms with E-state index in [9.17, 15) is 18.0 Å². The van der Waals surface area contributed by atoms with Gasteiger partial charge in [0.1, 0.15) is 0 Å². The van der Waals surface area contributed by atoms with Gasteiger partial charge in [0.15, 0.2) is 0 Å². The van der Waals surface area contributed by atoms with Crippen molar-refractivity contribution in [2.75, 3.05) is 16.6 Å². The number of amides is 2. The molecule has 0 aromatic heterocycles. The lowest BCUT2D eigenvalue weighted by Gasteiger charge is -2.18. The largest absolute Gasteiger partial charge is 0.352 e. The summed E-state index contributed by atoms with van der Waals surface area (Å²) in [7, 11) is -3.68. The summed E-state index contributed by atoms with van der Waals surface area (Å²) in [4.78, 5) is 24.6. The van der Waals surface area contributed by atoms with E-state index in [-0.39, 0.29) is 22.8 Å². The molecule has 1 fully saturated rings. The molecule has 144 valence electrons. The van der Waals surface area contributed by atoms with Gasteiger partial charge in [-0.15, -0.1) is 0 Å². The highest BCUT2D eigenvalue weighted by atomic mass is 32.2. The molecular weight excluding hydrogens is 352 g/mol. The fourth-order valence-corrected chi connectivity index (χ4v) is 5.04. The third kappa shape index (κ3) is 4.63. The van der Waals surface area contributed by atoms with Crippen LogP contribution >= 0.6 is 0 Å². The number of nitrogens with one attached hydrogen (secondary N) is 1. The minimum absolute atomic E-state index is 0.207. The number of benzene rings is 1. The summed E-state index contributed by atoms with van der Waals surface area (Å²) in [6.07, 6.45) is 1.90. The number of nitrogens with zero attached hydrogens (tertiary/aromatic N) is 1. The summed E-state index contributed by atoms with van der Waals surface area (Å²) in [5.74, 6) is -0.868. The number of hydrogen-bond donors (Lipinski definition) is 1. The summed E-state index contributed by atoms with van der Waals surface area (Å²) in [5.41, 5.74) is -0.00628. The van der Waals surface area contributed by atoms with Crippen molar-refractivity contribution in [3.05, 3.63) is 29.8 Å². The number of rotatable bonds is 5. The first-order chi connectivity index (χ1) is 11.8. The SMILES string of the molecule is CC(C)(C)CCCNC(=O)c1ccc(N2C(=O)C(C)(C)CS2(=O)=O)cc1. The van der Waals surface area contributed by atoms with E-state index in [1.165, 1.54) is 12.1 Å². The fraction of sp³-hybridized carbons (Fsp3) is 0.579. The molecule has 1 N–H and O–H groups in total. The van der Waals surface area contributed by atoms with Crippen molar-refractivity contribution in [1.29, 1.82) is 0 Å². The van der Waals surface area contributed by atoms with E-state index in [1.807, 2.05) is 0 Å². The predicted molar refractivity (Wildman–Crippen MR) is 103 cm³/mol. The molecule has 1 aliphatic rings. The molecule has 26 heavy (non-hydrogen) atoms. The average molecular weight is 381 g/mol. The third-order valence-electron chi connectivity index (χ3n) is 4.34. The van der Waals surface area contributed by atoms with Gasteiger partial charge < -0.3 is 5.32 Å². The van der Waals surface area contributed by atoms with Crippen LogP contribution in [0, 0.1) is 10.8 Å². The van der Waals surface area contributed by atoms with Crippen molar-refractivity contribution in [1.82, 2.24) is 5.32 Å². The Hall–Kier alpha value is -1.89. The first kappa shape index (κ1) is 20.4. The molecule has 0 aliphatic carbocycles. The topological polar surface area (TPSA) is 83.6 Å². The Morgan fingerprint density at radius 2 is 1.77 bits per heavy atom. The summed E-state index contributed by atoms with van der Waals surface area (Å²) in [6, 6.07) is 6.09. The second-order valence-electron chi connectivity index (χ2n) is 8.68. The first-order valence-electron chi connectivity index (χ1n) is 8.79. The molecule has 0 saturated carbocycles. The quantitative estimate of drug-likeness (QED) is 0.796. The van der Waals surface area contributed by atoms with Crippen molar-refractivity contribution in [2.24, 2.45) is 10.8 Å². The average Bonchev–Trinajstić information content (AvgIpc) is 2.66. The minimum atomic E-state index is -3.68. The van der Waals surface area contributed by atoms with Crippen LogP contribution in [0.5, 0.6) is 0 Å². The maximum absolute atomic E-state index is 12.4. The van der Waals surface area contributed by atoms with Crippen LogP contribution < -0.4 is 9.62 Å². The standard InChI is InChI=1S/C19H28N2O4S/c1-18(2,3)11-6-12-20-16(22)14-7-9-15(10-8-14)21-17(23)19(4,5)13-26(21,24)25/h7-10H,6,11-13H2,1-5H3,(H,20,22). The Balaban J connectivity index is 2.04. The molecule has 0 bridgehead atoms. The molecule has 0 spiro atoms. The highest BCUT2D eigenvalue weighted by Crippen LogP contribution is 2.35. The van der Waals surface area contributed by atoms with E-state index < -0.39 is 21.3 Å². The van der Waals surface area contributed by atoms with Crippen molar-refractivity contribution >= 4 is 27.5 Å². The van der Waals surface area contributed by atoms with E-state index in [0.717, 1.165) is 17.1 Å². The Morgan fingerprint density at radius 3 is 2.23 bits per heavy atom. The van der Waals surface area contributed by atoms with Crippen LogP contribution in [0.4, 0.5) is 5.69 Å². The summed E-state index contributed by atoms with van der Waals surface area (Å²) >= 11 is 0. The molecule has 0 radical (unpaired) electrons. The van der Waals surface area contributed by atoms with Gasteiger partial charge in [-0.1, -0.05) is 20.8 Å². The van der Waals surface area contributed by atoms with Crippen molar-refractivity contribution in [2.45, 2.75) is 47.5 Å². The van der Waals surface area contributed by atoms with Crippen LogP contribution in [0.25, 0.3) is 0 Å². The lowest BCUT2D eigenvalue weighted by molar-refractivity contribution is -0.123. The highest BCUT2D eigenvalue weighted by Gasteiger charge is 2.49. The van der Waals surface area contributed by atoms with Crippen LogP contribution in [0.15, 0.2) is 24.3 Å². The molecule has 1 saturated heterocycles. The Bertz CT molecular complexity index is 790. The molecule has 7 heteroatoms. The summed E-state index contributed by atoms with van der Waals surface area (Å²) in [5, 5.41) is 2.86. The minimum Gasteiger partial charge on any atom is -0.352 e. The van der Waals surface area contributed by atoms with Crippen molar-refractivity contribution < 1.29 is 18.0 Å². The van der Waals surface area contributed by atoms with Crippen molar-refractivity contribution in [3.8, 4) is 0 Å². The van der Waals surface area contributed by atoms with E-state index in [2.05, 4.69) is 26.1 Å².